The van der Waals surface area contributed by atoms with Crippen LogP contribution < -0.4 is 5.73 Å². The van der Waals surface area contributed by atoms with E-state index in [4.69, 9.17) is 17.3 Å². The fraction of sp³-hybridized carbons (Fsp3) is 0.250. The molecule has 0 amide bonds. The Morgan fingerprint density at radius 3 is 2.59 bits per heavy atom. The molecule has 0 aliphatic carbocycles. The third-order valence-corrected chi connectivity index (χ3v) is 4.51. The molecule has 0 unspecified atom stereocenters. The van der Waals surface area contributed by atoms with E-state index < -0.39 is 0 Å². The summed E-state index contributed by atoms with van der Waals surface area (Å²) >= 11 is 6.35. The van der Waals surface area contributed by atoms with Crippen molar-refractivity contribution in [1.82, 2.24) is 19.4 Å². The van der Waals surface area contributed by atoms with Crippen LogP contribution in [0.15, 0.2) is 36.8 Å². The Labute approximate surface area is 133 Å². The van der Waals surface area contributed by atoms with Gasteiger partial charge in [0.25, 0.3) is 0 Å². The van der Waals surface area contributed by atoms with Gasteiger partial charge in [0, 0.05) is 30.5 Å². The molecule has 3 heterocycles. The van der Waals surface area contributed by atoms with Crippen molar-refractivity contribution >= 4 is 28.3 Å². The summed E-state index contributed by atoms with van der Waals surface area (Å²) in [4.78, 5) is 10.9. The third kappa shape index (κ3) is 2.05. The van der Waals surface area contributed by atoms with Gasteiger partial charge < -0.3 is 15.2 Å². The molecule has 112 valence electrons. The van der Waals surface area contributed by atoms with Crippen molar-refractivity contribution < 1.29 is 0 Å². The van der Waals surface area contributed by atoms with E-state index in [1.807, 2.05) is 24.3 Å². The number of rotatable bonds is 2. The summed E-state index contributed by atoms with van der Waals surface area (Å²) in [6.07, 6.45) is 3.66. The van der Waals surface area contributed by atoms with Crippen molar-refractivity contribution in [3.63, 3.8) is 0 Å². The van der Waals surface area contributed by atoms with Gasteiger partial charge in [-0.3, -0.25) is 0 Å². The van der Waals surface area contributed by atoms with E-state index in [9.17, 15) is 0 Å². The first-order chi connectivity index (χ1) is 10.6. The lowest BCUT2D eigenvalue weighted by molar-refractivity contribution is 0.143. The monoisotopic (exact) mass is 313 g/mol. The summed E-state index contributed by atoms with van der Waals surface area (Å²) in [5, 5.41) is 1.40. The first-order valence-corrected chi connectivity index (χ1v) is 7.57. The Balaban J connectivity index is 1.92. The molecule has 0 radical (unpaired) electrons. The Bertz CT molecular complexity index is 834. The van der Waals surface area contributed by atoms with Crippen LogP contribution >= 0.6 is 11.6 Å². The van der Waals surface area contributed by atoms with Crippen molar-refractivity contribution in [2.45, 2.75) is 6.04 Å². The van der Waals surface area contributed by atoms with Gasteiger partial charge in [-0.05, 0) is 24.7 Å². The fourth-order valence-corrected chi connectivity index (χ4v) is 3.28. The molecule has 1 fully saturated rings. The predicted octanol–water partition coefficient (Wildman–Crippen LogP) is 2.82. The number of nitrogens with two attached hydrogens (primary N) is 1. The zero-order chi connectivity index (χ0) is 15.3. The number of benzene rings is 1. The molecule has 1 saturated heterocycles. The predicted molar refractivity (Wildman–Crippen MR) is 88.9 cm³/mol. The summed E-state index contributed by atoms with van der Waals surface area (Å²) in [7, 11) is 2.12. The molecule has 5 nitrogen and oxygen atoms in total. The summed E-state index contributed by atoms with van der Waals surface area (Å²) in [5.41, 5.74) is 9.55. The van der Waals surface area contributed by atoms with Crippen LogP contribution in [0, 0.1) is 0 Å². The van der Waals surface area contributed by atoms with Crippen molar-refractivity contribution in [2.24, 2.45) is 0 Å². The molecule has 22 heavy (non-hydrogen) atoms. The second-order valence-corrected chi connectivity index (χ2v) is 6.17. The molecule has 0 saturated carbocycles. The molecule has 6 heteroatoms. The van der Waals surface area contributed by atoms with Crippen LogP contribution in [0.25, 0.3) is 22.2 Å². The van der Waals surface area contributed by atoms with Crippen molar-refractivity contribution in [3.05, 3.63) is 41.9 Å². The zero-order valence-electron chi connectivity index (χ0n) is 12.2. The Morgan fingerprint density at radius 2 is 1.91 bits per heavy atom. The van der Waals surface area contributed by atoms with Crippen LogP contribution in [-0.2, 0) is 0 Å². The molecule has 2 aromatic heterocycles. The van der Waals surface area contributed by atoms with Gasteiger partial charge in [0.1, 0.15) is 17.1 Å². The minimum absolute atomic E-state index is 0.431. The van der Waals surface area contributed by atoms with Gasteiger partial charge in [-0.15, -0.1) is 0 Å². The lowest BCUT2D eigenvalue weighted by Crippen LogP contribution is -2.44. The van der Waals surface area contributed by atoms with Crippen molar-refractivity contribution in [3.8, 4) is 11.1 Å². The number of aromatic nitrogens is 3. The van der Waals surface area contributed by atoms with Crippen LogP contribution in [0.3, 0.4) is 0 Å². The number of hydrogen-bond donors (Lipinski definition) is 1. The van der Waals surface area contributed by atoms with E-state index >= 15 is 0 Å². The maximum Gasteiger partial charge on any atom is 0.145 e. The Kier molecular flexibility index (Phi) is 3.06. The van der Waals surface area contributed by atoms with Gasteiger partial charge in [-0.25, -0.2) is 9.97 Å². The summed E-state index contributed by atoms with van der Waals surface area (Å²) < 4.78 is 2.22. The fourth-order valence-electron chi connectivity index (χ4n) is 3.05. The molecule has 0 bridgehead atoms. The number of halogens is 1. The standard InChI is InChI=1S/C16H16ClN5/c1-21-6-12(7-21)22-8-13(10-2-4-11(18)5-3-10)14-15(17)19-9-20-16(14)22/h2-5,8-9,12H,6-7,18H2,1H3. The first kappa shape index (κ1) is 13.5. The van der Waals surface area contributed by atoms with E-state index in [2.05, 4.69) is 32.7 Å². The molecule has 0 spiro atoms. The topological polar surface area (TPSA) is 60.0 Å². The minimum atomic E-state index is 0.431. The first-order valence-electron chi connectivity index (χ1n) is 7.19. The molecule has 1 aromatic carbocycles. The number of nitrogen functional groups attached to an aromatic ring is 1. The average Bonchev–Trinajstić information content (AvgIpc) is 2.85. The van der Waals surface area contributed by atoms with E-state index in [0.717, 1.165) is 40.9 Å². The van der Waals surface area contributed by atoms with E-state index in [0.29, 0.717) is 11.2 Å². The highest BCUT2D eigenvalue weighted by Crippen LogP contribution is 2.36. The number of nitrogens with zero attached hydrogens (tertiary/aromatic N) is 4. The quantitative estimate of drug-likeness (QED) is 0.584. The maximum absolute atomic E-state index is 6.35. The van der Waals surface area contributed by atoms with Gasteiger partial charge >= 0.3 is 0 Å². The van der Waals surface area contributed by atoms with Gasteiger partial charge in [0.15, 0.2) is 0 Å². The SMILES string of the molecule is CN1CC(n2cc(-c3ccc(N)cc3)c3c(Cl)ncnc32)C1. The van der Waals surface area contributed by atoms with Crippen molar-refractivity contribution in [2.75, 3.05) is 25.9 Å². The van der Waals surface area contributed by atoms with Crippen molar-refractivity contribution in [1.29, 1.82) is 0 Å². The molecule has 4 rings (SSSR count). The van der Waals surface area contributed by atoms with Crippen LogP contribution in [-0.4, -0.2) is 39.6 Å². The maximum atomic E-state index is 6.35. The van der Waals surface area contributed by atoms with Crippen LogP contribution in [0.2, 0.25) is 5.15 Å². The average molecular weight is 314 g/mol. The van der Waals surface area contributed by atoms with E-state index in [-0.39, 0.29) is 0 Å². The van der Waals surface area contributed by atoms with Crippen LogP contribution in [0.4, 0.5) is 5.69 Å². The normalized spacial score (nSPS) is 16.1. The smallest absolute Gasteiger partial charge is 0.145 e. The zero-order valence-corrected chi connectivity index (χ0v) is 13.0. The second kappa shape index (κ2) is 4.97. The summed E-state index contributed by atoms with van der Waals surface area (Å²) in [6.45, 7) is 2.04. The molecular weight excluding hydrogens is 298 g/mol. The van der Waals surface area contributed by atoms with Gasteiger partial charge in [0.2, 0.25) is 0 Å². The number of hydrogen-bond acceptors (Lipinski definition) is 4. The summed E-state index contributed by atoms with van der Waals surface area (Å²) in [6, 6.07) is 8.23. The van der Waals surface area contributed by atoms with Crippen LogP contribution in [0.5, 0.6) is 0 Å². The largest absolute Gasteiger partial charge is 0.399 e. The third-order valence-electron chi connectivity index (χ3n) is 4.22. The second-order valence-electron chi connectivity index (χ2n) is 5.81. The number of anilines is 1. The molecular formula is C16H16ClN5. The lowest BCUT2D eigenvalue weighted by atomic mass is 10.1. The lowest BCUT2D eigenvalue weighted by Gasteiger charge is -2.37. The number of fused-ring (bicyclic) bond motifs is 1. The molecule has 1 aliphatic rings. The molecule has 0 atom stereocenters. The Morgan fingerprint density at radius 1 is 1.18 bits per heavy atom. The highest BCUT2D eigenvalue weighted by molar-refractivity contribution is 6.35. The van der Waals surface area contributed by atoms with Gasteiger partial charge in [0.05, 0.1) is 11.4 Å². The highest BCUT2D eigenvalue weighted by Gasteiger charge is 2.28. The summed E-state index contributed by atoms with van der Waals surface area (Å²) in [5.74, 6) is 0. The minimum Gasteiger partial charge on any atom is -0.399 e. The molecule has 3 aromatic rings. The number of likely N-dealkylation sites (N-methyl/N-ethyl adjacent to an activating group) is 1. The number of likely N-dealkylation sites (tertiary alicyclic amines) is 1. The highest BCUT2D eigenvalue weighted by atomic mass is 35.5. The van der Waals surface area contributed by atoms with E-state index in [1.165, 1.54) is 6.33 Å². The van der Waals surface area contributed by atoms with Gasteiger partial charge in [-0.1, -0.05) is 23.7 Å². The Hall–Kier alpha value is -2.11. The molecule has 2 N–H and O–H groups in total. The molecule has 1 aliphatic heterocycles. The van der Waals surface area contributed by atoms with Crippen LogP contribution in [0.1, 0.15) is 6.04 Å². The van der Waals surface area contributed by atoms with E-state index in [1.54, 1.807) is 0 Å². The van der Waals surface area contributed by atoms with Gasteiger partial charge in [-0.2, -0.15) is 0 Å².